The highest BCUT2D eigenvalue weighted by atomic mass is 32.2. The predicted octanol–water partition coefficient (Wildman–Crippen LogP) is 1.84. The topological polar surface area (TPSA) is 133 Å². The molecule has 0 fully saturated rings. The summed E-state index contributed by atoms with van der Waals surface area (Å²) in [6.45, 7) is 6.25. The van der Waals surface area contributed by atoms with Crippen LogP contribution in [-0.2, 0) is 20.5 Å². The van der Waals surface area contributed by atoms with Crippen molar-refractivity contribution >= 4 is 44.9 Å². The fraction of sp³-hybridized carbons (Fsp3) is 0.450. The van der Waals surface area contributed by atoms with E-state index in [1.54, 1.807) is 0 Å². The fourth-order valence-corrected chi connectivity index (χ4v) is 5.13. The van der Waals surface area contributed by atoms with Crippen molar-refractivity contribution in [2.45, 2.75) is 38.8 Å². The molecule has 0 bridgehead atoms. The number of carbonyl (C=O) groups excluding carboxylic acids is 1. The van der Waals surface area contributed by atoms with Crippen molar-refractivity contribution in [3.8, 4) is 0 Å². The molecule has 3 aromatic rings. The number of aromatic nitrogens is 4. The molecule has 31 heavy (non-hydrogen) atoms. The number of nitrogens with two attached hydrogens (primary N) is 1. The number of nitrogens with zero attached hydrogens (tertiary/aromatic N) is 3. The summed E-state index contributed by atoms with van der Waals surface area (Å²) < 4.78 is 1.90. The number of thiophene rings is 1. The lowest BCUT2D eigenvalue weighted by Gasteiger charge is -2.10. The molecule has 0 amide bonds. The van der Waals surface area contributed by atoms with E-state index in [2.05, 4.69) is 23.8 Å². The molecule has 0 aliphatic heterocycles. The summed E-state index contributed by atoms with van der Waals surface area (Å²) in [5.74, 6) is -0.422. The Morgan fingerprint density at radius 3 is 2.58 bits per heavy atom. The molecule has 3 rings (SSSR count). The first-order chi connectivity index (χ1) is 14.6. The smallest absolute Gasteiger partial charge is 0.332 e. The SMILES string of the molecule is CCC(C)Cc1c(C)sc2nc(SCC(=O)c3c(N)n(C)c(=O)n(C)c3=O)[nH]c(=O)c12. The van der Waals surface area contributed by atoms with Crippen LogP contribution < -0.4 is 22.5 Å². The monoisotopic (exact) mass is 463 g/mol. The zero-order valence-electron chi connectivity index (χ0n) is 18.1. The molecule has 1 atom stereocenters. The van der Waals surface area contributed by atoms with Gasteiger partial charge in [0.25, 0.3) is 11.1 Å². The van der Waals surface area contributed by atoms with Crippen LogP contribution in [0.4, 0.5) is 5.82 Å². The minimum atomic E-state index is -0.744. The van der Waals surface area contributed by atoms with Crippen LogP contribution in [-0.4, -0.2) is 30.6 Å². The Morgan fingerprint density at radius 1 is 1.26 bits per heavy atom. The van der Waals surface area contributed by atoms with E-state index in [4.69, 9.17) is 5.73 Å². The Balaban J connectivity index is 1.91. The summed E-state index contributed by atoms with van der Waals surface area (Å²) in [5.41, 5.74) is 5.03. The number of rotatable bonds is 7. The maximum Gasteiger partial charge on any atom is 0.332 e. The highest BCUT2D eigenvalue weighted by Crippen LogP contribution is 2.30. The quantitative estimate of drug-likeness (QED) is 0.310. The molecule has 0 radical (unpaired) electrons. The number of carbonyl (C=O) groups is 1. The number of hydrogen-bond donors (Lipinski definition) is 2. The highest BCUT2D eigenvalue weighted by molar-refractivity contribution is 7.99. The molecule has 0 aliphatic rings. The third-order valence-corrected chi connectivity index (χ3v) is 7.33. The van der Waals surface area contributed by atoms with E-state index in [-0.39, 0.29) is 22.7 Å². The van der Waals surface area contributed by atoms with Crippen LogP contribution in [0, 0.1) is 12.8 Å². The zero-order valence-corrected chi connectivity index (χ0v) is 19.7. The van der Waals surface area contributed by atoms with Crippen molar-refractivity contribution in [1.29, 1.82) is 0 Å². The number of fused-ring (bicyclic) bond motifs is 1. The van der Waals surface area contributed by atoms with E-state index in [1.807, 2.05) is 6.92 Å². The lowest BCUT2D eigenvalue weighted by Crippen LogP contribution is -2.41. The van der Waals surface area contributed by atoms with E-state index in [0.717, 1.165) is 44.2 Å². The van der Waals surface area contributed by atoms with Crippen molar-refractivity contribution in [2.75, 3.05) is 11.5 Å². The fourth-order valence-electron chi connectivity index (χ4n) is 3.29. The standard InChI is InChI=1S/C20H25N5O4S2/c1-6-9(2)7-11-10(3)31-17-13(11)16(27)22-19(23-17)30-8-12(26)14-15(21)24(4)20(29)25(5)18(14)28/h9H,6-8,21H2,1-5H3,(H,22,23,27). The van der Waals surface area contributed by atoms with Crippen molar-refractivity contribution in [3.63, 3.8) is 0 Å². The molecule has 11 heteroatoms. The maximum atomic E-state index is 12.8. The lowest BCUT2D eigenvalue weighted by molar-refractivity contribution is 0.102. The average Bonchev–Trinajstić information content (AvgIpc) is 3.04. The van der Waals surface area contributed by atoms with Gasteiger partial charge in [-0.1, -0.05) is 32.0 Å². The van der Waals surface area contributed by atoms with Gasteiger partial charge in [-0.05, 0) is 24.8 Å². The normalized spacial score (nSPS) is 12.4. The second kappa shape index (κ2) is 8.83. The number of aryl methyl sites for hydroxylation is 1. The number of thioether (sulfide) groups is 1. The van der Waals surface area contributed by atoms with Gasteiger partial charge < -0.3 is 10.7 Å². The number of nitrogens with one attached hydrogen (secondary N) is 1. The molecule has 0 saturated heterocycles. The van der Waals surface area contributed by atoms with Crippen LogP contribution in [0.2, 0.25) is 0 Å². The largest absolute Gasteiger partial charge is 0.384 e. The molecule has 3 heterocycles. The number of aromatic amines is 1. The van der Waals surface area contributed by atoms with Crippen LogP contribution in [0.5, 0.6) is 0 Å². The summed E-state index contributed by atoms with van der Waals surface area (Å²) >= 11 is 2.48. The van der Waals surface area contributed by atoms with Crippen molar-refractivity contribution < 1.29 is 4.79 Å². The van der Waals surface area contributed by atoms with E-state index < -0.39 is 17.0 Å². The van der Waals surface area contributed by atoms with Gasteiger partial charge in [-0.3, -0.25) is 23.5 Å². The Labute approximate surface area is 186 Å². The Kier molecular flexibility index (Phi) is 6.56. The third kappa shape index (κ3) is 4.24. The Hall–Kier alpha value is -2.66. The number of Topliss-reactive ketones (excluding diaryl/α,β-unsaturated/α-hetero) is 1. The summed E-state index contributed by atoms with van der Waals surface area (Å²) in [6, 6.07) is 0. The van der Waals surface area contributed by atoms with Gasteiger partial charge >= 0.3 is 5.69 Å². The predicted molar refractivity (Wildman–Crippen MR) is 125 cm³/mol. The summed E-state index contributed by atoms with van der Waals surface area (Å²) in [6.07, 6.45) is 1.83. The summed E-state index contributed by atoms with van der Waals surface area (Å²) in [7, 11) is 2.68. The van der Waals surface area contributed by atoms with Gasteiger partial charge in [-0.25, -0.2) is 9.78 Å². The third-order valence-electron chi connectivity index (χ3n) is 5.42. The molecule has 0 aromatic carbocycles. The molecule has 3 N–H and O–H groups in total. The number of hydrogen-bond acceptors (Lipinski definition) is 8. The van der Waals surface area contributed by atoms with E-state index in [9.17, 15) is 19.2 Å². The molecular weight excluding hydrogens is 438 g/mol. The van der Waals surface area contributed by atoms with Gasteiger partial charge in [0.1, 0.15) is 16.2 Å². The van der Waals surface area contributed by atoms with E-state index in [1.165, 1.54) is 25.4 Å². The first-order valence-corrected chi connectivity index (χ1v) is 11.6. The minimum Gasteiger partial charge on any atom is -0.384 e. The number of H-pyrrole nitrogens is 1. The first-order valence-electron chi connectivity index (χ1n) is 9.80. The van der Waals surface area contributed by atoms with E-state index in [0.29, 0.717) is 21.3 Å². The number of anilines is 1. The van der Waals surface area contributed by atoms with Gasteiger partial charge in [0.05, 0.1) is 11.1 Å². The summed E-state index contributed by atoms with van der Waals surface area (Å²) in [5, 5.41) is 0.900. The Bertz CT molecular complexity index is 1350. The van der Waals surface area contributed by atoms with Gasteiger partial charge in [0.2, 0.25) is 0 Å². The summed E-state index contributed by atoms with van der Waals surface area (Å²) in [4.78, 5) is 58.7. The maximum absolute atomic E-state index is 12.8. The molecule has 0 saturated carbocycles. The van der Waals surface area contributed by atoms with Crippen LogP contribution >= 0.6 is 23.1 Å². The van der Waals surface area contributed by atoms with Gasteiger partial charge in [-0.2, -0.15) is 0 Å². The molecule has 166 valence electrons. The van der Waals surface area contributed by atoms with Crippen molar-refractivity contribution in [1.82, 2.24) is 19.1 Å². The van der Waals surface area contributed by atoms with Crippen LogP contribution in [0.3, 0.4) is 0 Å². The second-order valence-corrected chi connectivity index (χ2v) is 9.75. The molecule has 9 nitrogen and oxygen atoms in total. The van der Waals surface area contributed by atoms with Crippen molar-refractivity contribution in [2.24, 2.45) is 20.0 Å². The van der Waals surface area contributed by atoms with Gasteiger partial charge in [0.15, 0.2) is 10.9 Å². The van der Waals surface area contributed by atoms with Crippen molar-refractivity contribution in [3.05, 3.63) is 47.2 Å². The average molecular weight is 464 g/mol. The highest BCUT2D eigenvalue weighted by Gasteiger charge is 2.21. The first kappa shape index (κ1) is 23.0. The van der Waals surface area contributed by atoms with Gasteiger partial charge in [0, 0.05) is 19.0 Å². The van der Waals surface area contributed by atoms with Crippen LogP contribution in [0.15, 0.2) is 19.5 Å². The molecule has 1 unspecified atom stereocenters. The van der Waals surface area contributed by atoms with Crippen LogP contribution in [0.25, 0.3) is 10.2 Å². The van der Waals surface area contributed by atoms with Crippen LogP contribution in [0.1, 0.15) is 41.1 Å². The Morgan fingerprint density at radius 2 is 1.94 bits per heavy atom. The van der Waals surface area contributed by atoms with Gasteiger partial charge in [-0.15, -0.1) is 11.3 Å². The molecule has 3 aromatic heterocycles. The number of ketones is 1. The van der Waals surface area contributed by atoms with E-state index >= 15 is 0 Å². The molecule has 0 aliphatic carbocycles. The minimum absolute atomic E-state index is 0.157. The zero-order chi connectivity index (χ0) is 23.0. The lowest BCUT2D eigenvalue weighted by atomic mass is 9.98. The molecule has 0 spiro atoms. The second-order valence-electron chi connectivity index (χ2n) is 7.58. The number of nitrogen functional groups attached to an aromatic ring is 1. The molecular formula is C20H25N5O4S2.